The molecule has 0 aromatic heterocycles. The topological polar surface area (TPSA) is 41.5 Å². The minimum Gasteiger partial charge on any atom is -0.490 e. The number of aliphatic hydroxyl groups is 1. The van der Waals surface area contributed by atoms with Crippen molar-refractivity contribution in [3.8, 4) is 5.75 Å². The van der Waals surface area contributed by atoms with Gasteiger partial charge in [0.05, 0.1) is 0 Å². The lowest BCUT2D eigenvalue weighted by molar-refractivity contribution is -0.210. The molecule has 0 radical (unpaired) electrons. The molecule has 0 aliphatic heterocycles. The third-order valence-electron chi connectivity index (χ3n) is 2.91. The van der Waals surface area contributed by atoms with E-state index in [1.54, 1.807) is 6.92 Å². The molecule has 1 aromatic carbocycles. The van der Waals surface area contributed by atoms with Gasteiger partial charge in [-0.1, -0.05) is 6.92 Å². The number of ether oxygens (including phenoxy) is 1. The van der Waals surface area contributed by atoms with Crippen LogP contribution in [0.1, 0.15) is 31.9 Å². The molecule has 0 spiro atoms. The van der Waals surface area contributed by atoms with E-state index in [1.807, 2.05) is 6.92 Å². The van der Waals surface area contributed by atoms with Crippen molar-refractivity contribution in [2.75, 3.05) is 13.2 Å². The molecule has 0 amide bonds. The van der Waals surface area contributed by atoms with Crippen molar-refractivity contribution in [3.05, 3.63) is 29.6 Å². The highest BCUT2D eigenvalue weighted by atomic mass is 19.4. The van der Waals surface area contributed by atoms with Crippen molar-refractivity contribution in [2.45, 2.75) is 38.6 Å². The Bertz CT molecular complexity index is 451. The van der Waals surface area contributed by atoms with Gasteiger partial charge >= 0.3 is 6.18 Å². The fourth-order valence-corrected chi connectivity index (χ4v) is 1.72. The Kier molecular flexibility index (Phi) is 6.42. The molecule has 2 atom stereocenters. The van der Waals surface area contributed by atoms with Crippen molar-refractivity contribution in [1.29, 1.82) is 0 Å². The second-order valence-corrected chi connectivity index (χ2v) is 4.73. The fraction of sp³-hybridized carbons (Fsp3) is 0.571. The van der Waals surface area contributed by atoms with Crippen LogP contribution in [0, 0.1) is 5.82 Å². The van der Waals surface area contributed by atoms with Crippen LogP contribution in [-0.2, 0) is 0 Å². The van der Waals surface area contributed by atoms with Crippen molar-refractivity contribution >= 4 is 0 Å². The van der Waals surface area contributed by atoms with Gasteiger partial charge in [-0.3, -0.25) is 0 Å². The van der Waals surface area contributed by atoms with Crippen LogP contribution in [0.15, 0.2) is 18.2 Å². The van der Waals surface area contributed by atoms with Crippen LogP contribution >= 0.6 is 0 Å². The second-order valence-electron chi connectivity index (χ2n) is 4.73. The van der Waals surface area contributed by atoms with Gasteiger partial charge in [0.2, 0.25) is 0 Å². The van der Waals surface area contributed by atoms with Crippen LogP contribution in [0.5, 0.6) is 5.75 Å². The summed E-state index contributed by atoms with van der Waals surface area (Å²) in [6.07, 6.45) is -6.45. The number of halogens is 4. The zero-order chi connectivity index (χ0) is 16.0. The Hall–Kier alpha value is -1.34. The summed E-state index contributed by atoms with van der Waals surface area (Å²) in [6.45, 7) is 3.48. The first-order valence-corrected chi connectivity index (χ1v) is 6.66. The maximum atomic E-state index is 13.3. The minimum absolute atomic E-state index is 0.121. The molecule has 2 N–H and O–H groups in total. The summed E-state index contributed by atoms with van der Waals surface area (Å²) in [5.41, 5.74) is 0.415. The van der Waals surface area contributed by atoms with Gasteiger partial charge in [0.1, 0.15) is 18.2 Å². The Morgan fingerprint density at radius 1 is 1.33 bits per heavy atom. The average molecular weight is 309 g/mol. The van der Waals surface area contributed by atoms with E-state index >= 15 is 0 Å². The van der Waals surface area contributed by atoms with E-state index in [9.17, 15) is 17.6 Å². The Morgan fingerprint density at radius 3 is 2.57 bits per heavy atom. The fourth-order valence-electron chi connectivity index (χ4n) is 1.72. The smallest absolute Gasteiger partial charge is 0.417 e. The summed E-state index contributed by atoms with van der Waals surface area (Å²) in [5.74, 6) is -0.380. The quantitative estimate of drug-likeness (QED) is 0.760. The maximum absolute atomic E-state index is 13.3. The lowest BCUT2D eigenvalue weighted by Crippen LogP contribution is -2.34. The summed E-state index contributed by atoms with van der Waals surface area (Å²) < 4.78 is 55.0. The largest absolute Gasteiger partial charge is 0.490 e. The zero-order valence-electron chi connectivity index (χ0n) is 11.9. The van der Waals surface area contributed by atoms with E-state index in [0.29, 0.717) is 12.1 Å². The van der Waals surface area contributed by atoms with Crippen LogP contribution in [0.2, 0.25) is 0 Å². The zero-order valence-corrected chi connectivity index (χ0v) is 11.9. The minimum atomic E-state index is -4.74. The highest BCUT2D eigenvalue weighted by molar-refractivity contribution is 5.36. The normalized spacial score (nSPS) is 14.8. The van der Waals surface area contributed by atoms with Crippen molar-refractivity contribution in [1.82, 2.24) is 5.32 Å². The number of rotatable bonds is 7. The third kappa shape index (κ3) is 5.51. The third-order valence-corrected chi connectivity index (χ3v) is 2.91. The van der Waals surface area contributed by atoms with Crippen LogP contribution in [0.3, 0.4) is 0 Å². The van der Waals surface area contributed by atoms with Crippen LogP contribution in [0.25, 0.3) is 0 Å². The summed E-state index contributed by atoms with van der Waals surface area (Å²) in [6, 6.07) is 3.30. The van der Waals surface area contributed by atoms with Gasteiger partial charge in [0.25, 0.3) is 0 Å². The van der Waals surface area contributed by atoms with Crippen LogP contribution in [0.4, 0.5) is 17.6 Å². The van der Waals surface area contributed by atoms with Gasteiger partial charge in [-0.25, -0.2) is 4.39 Å². The van der Waals surface area contributed by atoms with Gasteiger partial charge < -0.3 is 15.2 Å². The number of nitrogens with one attached hydrogen (secondary N) is 1. The molecule has 120 valence electrons. The van der Waals surface area contributed by atoms with Crippen LogP contribution < -0.4 is 10.1 Å². The number of hydrogen-bond donors (Lipinski definition) is 2. The number of benzene rings is 1. The molecule has 1 aromatic rings. The highest BCUT2D eigenvalue weighted by Gasteiger charge is 2.38. The van der Waals surface area contributed by atoms with Gasteiger partial charge in [-0.15, -0.1) is 0 Å². The SMILES string of the molecule is CCCNC(C)c1cc(F)ccc1OCC(O)C(F)(F)F. The standard InChI is InChI=1S/C14H19F4NO2/c1-3-6-19-9(2)11-7-10(15)4-5-12(11)21-8-13(20)14(16,17)18/h4-5,7,9,13,19-20H,3,6,8H2,1-2H3. The molecule has 0 aliphatic carbocycles. The van der Waals surface area contributed by atoms with Crippen molar-refractivity contribution in [2.24, 2.45) is 0 Å². The molecular weight excluding hydrogens is 290 g/mol. The lowest BCUT2D eigenvalue weighted by Gasteiger charge is -2.20. The molecule has 0 bridgehead atoms. The van der Waals surface area contributed by atoms with Crippen molar-refractivity contribution in [3.63, 3.8) is 0 Å². The van der Waals surface area contributed by atoms with Gasteiger partial charge in [-0.05, 0) is 38.1 Å². The predicted molar refractivity (Wildman–Crippen MR) is 70.7 cm³/mol. The molecule has 1 rings (SSSR count). The second kappa shape index (κ2) is 7.61. The Morgan fingerprint density at radius 2 is 2.00 bits per heavy atom. The summed E-state index contributed by atoms with van der Waals surface area (Å²) in [4.78, 5) is 0. The molecular formula is C14H19F4NO2. The molecule has 0 heterocycles. The molecule has 3 nitrogen and oxygen atoms in total. The monoisotopic (exact) mass is 309 g/mol. The molecule has 0 saturated carbocycles. The van der Waals surface area contributed by atoms with Gasteiger partial charge in [0, 0.05) is 11.6 Å². The highest BCUT2D eigenvalue weighted by Crippen LogP contribution is 2.27. The Balaban J connectivity index is 2.82. The first kappa shape index (κ1) is 17.7. The first-order chi connectivity index (χ1) is 9.75. The number of aliphatic hydroxyl groups excluding tert-OH is 1. The van der Waals surface area contributed by atoms with E-state index in [0.717, 1.165) is 12.5 Å². The lowest BCUT2D eigenvalue weighted by atomic mass is 10.1. The molecule has 2 unspecified atom stereocenters. The predicted octanol–water partition coefficient (Wildman–Crippen LogP) is 3.19. The summed E-state index contributed by atoms with van der Waals surface area (Å²) >= 11 is 0. The van der Waals surface area contributed by atoms with E-state index in [1.165, 1.54) is 12.1 Å². The summed E-state index contributed by atoms with van der Waals surface area (Å²) in [5, 5.41) is 12.0. The molecule has 0 fully saturated rings. The van der Waals surface area contributed by atoms with Crippen molar-refractivity contribution < 1.29 is 27.4 Å². The van der Waals surface area contributed by atoms with E-state index in [-0.39, 0.29) is 11.8 Å². The summed E-state index contributed by atoms with van der Waals surface area (Å²) in [7, 11) is 0. The average Bonchev–Trinajstić information content (AvgIpc) is 2.41. The van der Waals surface area contributed by atoms with E-state index < -0.39 is 24.7 Å². The van der Waals surface area contributed by atoms with E-state index in [2.05, 4.69) is 5.32 Å². The molecule has 0 saturated heterocycles. The van der Waals surface area contributed by atoms with Crippen LogP contribution in [-0.4, -0.2) is 30.5 Å². The Labute approximate surface area is 120 Å². The molecule has 7 heteroatoms. The van der Waals surface area contributed by atoms with E-state index in [4.69, 9.17) is 9.84 Å². The molecule has 21 heavy (non-hydrogen) atoms. The maximum Gasteiger partial charge on any atom is 0.417 e. The number of alkyl halides is 3. The van der Waals surface area contributed by atoms with Gasteiger partial charge in [-0.2, -0.15) is 13.2 Å². The first-order valence-electron chi connectivity index (χ1n) is 6.66. The molecule has 0 aliphatic rings. The number of hydrogen-bond acceptors (Lipinski definition) is 3. The van der Waals surface area contributed by atoms with Gasteiger partial charge in [0.15, 0.2) is 6.10 Å².